The van der Waals surface area contributed by atoms with Gasteiger partial charge in [-0.15, -0.1) is 0 Å². The fourth-order valence-electron chi connectivity index (χ4n) is 1.53. The Balaban J connectivity index is 2.61. The van der Waals surface area contributed by atoms with Crippen molar-refractivity contribution >= 4 is 23.1 Å². The molecule has 0 aliphatic carbocycles. The summed E-state index contributed by atoms with van der Waals surface area (Å²) in [5, 5.41) is 8.50. The molecule has 0 saturated carbocycles. The molecule has 2 rings (SSSR count). The van der Waals surface area contributed by atoms with E-state index in [1.165, 1.54) is 16.7 Å². The van der Waals surface area contributed by atoms with Crippen molar-refractivity contribution in [2.24, 2.45) is 7.05 Å². The third-order valence-electron chi connectivity index (χ3n) is 2.25. The molecule has 0 spiro atoms. The van der Waals surface area contributed by atoms with Crippen LogP contribution in [0.5, 0.6) is 0 Å². The van der Waals surface area contributed by atoms with Crippen molar-refractivity contribution in [3.63, 3.8) is 0 Å². The number of hydrogen-bond donors (Lipinski definition) is 1. The number of hydrogen-bond acceptors (Lipinski definition) is 2. The minimum Gasteiger partial charge on any atom is -0.478 e. The van der Waals surface area contributed by atoms with Gasteiger partial charge in [-0.05, 0) is 18.2 Å². The molecule has 2 aromatic rings. The van der Waals surface area contributed by atoms with Gasteiger partial charge in [0.2, 0.25) is 0 Å². The van der Waals surface area contributed by atoms with Crippen molar-refractivity contribution in [2.45, 2.75) is 0 Å². The number of carboxylic acids is 1. The number of para-hydroxylation sites is 1. The van der Waals surface area contributed by atoms with Gasteiger partial charge in [-0.25, -0.2) is 14.2 Å². The van der Waals surface area contributed by atoms with Crippen molar-refractivity contribution < 1.29 is 14.3 Å². The topological polar surface area (TPSA) is 55.1 Å². The van der Waals surface area contributed by atoms with Gasteiger partial charge < -0.3 is 9.67 Å². The third kappa shape index (κ3) is 1.67. The van der Waals surface area contributed by atoms with Gasteiger partial charge >= 0.3 is 5.97 Å². The minimum absolute atomic E-state index is 0.368. The summed E-state index contributed by atoms with van der Waals surface area (Å²) in [6.07, 6.45) is 2.31. The van der Waals surface area contributed by atoms with E-state index in [0.717, 1.165) is 6.08 Å². The monoisotopic (exact) mass is 220 g/mol. The van der Waals surface area contributed by atoms with Gasteiger partial charge in [0.15, 0.2) is 0 Å². The lowest BCUT2D eigenvalue weighted by atomic mass is 10.3. The molecule has 16 heavy (non-hydrogen) atoms. The first-order valence-electron chi connectivity index (χ1n) is 4.61. The van der Waals surface area contributed by atoms with Gasteiger partial charge in [0.25, 0.3) is 0 Å². The van der Waals surface area contributed by atoms with Gasteiger partial charge in [-0.3, -0.25) is 0 Å². The second kappa shape index (κ2) is 3.77. The number of fused-ring (bicyclic) bond motifs is 1. The first kappa shape index (κ1) is 10.4. The summed E-state index contributed by atoms with van der Waals surface area (Å²) in [6, 6.07) is 4.58. The molecule has 1 aromatic heterocycles. The fraction of sp³-hybridized carbons (Fsp3) is 0.0909. The smallest absolute Gasteiger partial charge is 0.328 e. The molecule has 0 aliphatic rings. The molecule has 1 N–H and O–H groups in total. The van der Waals surface area contributed by atoms with Crippen LogP contribution in [0.15, 0.2) is 24.3 Å². The van der Waals surface area contributed by atoms with Crippen LogP contribution in [0.2, 0.25) is 0 Å². The molecule has 0 atom stereocenters. The average Bonchev–Trinajstić information content (AvgIpc) is 2.54. The highest BCUT2D eigenvalue weighted by Gasteiger charge is 2.09. The Hall–Kier alpha value is -2.17. The lowest BCUT2D eigenvalue weighted by Crippen LogP contribution is -1.94. The second-order valence-corrected chi connectivity index (χ2v) is 3.31. The number of benzene rings is 1. The minimum atomic E-state index is -1.06. The molecule has 0 amide bonds. The van der Waals surface area contributed by atoms with E-state index >= 15 is 0 Å². The number of imidazole rings is 1. The van der Waals surface area contributed by atoms with Gasteiger partial charge in [-0.2, -0.15) is 0 Å². The summed E-state index contributed by atoms with van der Waals surface area (Å²) >= 11 is 0. The van der Waals surface area contributed by atoms with Crippen LogP contribution in [0.4, 0.5) is 4.39 Å². The number of carboxylic acid groups (broad SMARTS) is 1. The maximum atomic E-state index is 13.5. The number of aryl methyl sites for hydroxylation is 1. The van der Waals surface area contributed by atoms with Crippen molar-refractivity contribution in [3.05, 3.63) is 35.9 Å². The van der Waals surface area contributed by atoms with Crippen molar-refractivity contribution in [2.75, 3.05) is 0 Å². The van der Waals surface area contributed by atoms with Crippen LogP contribution in [-0.2, 0) is 11.8 Å². The molecule has 82 valence electrons. The third-order valence-corrected chi connectivity index (χ3v) is 2.25. The molecule has 1 aromatic carbocycles. The lowest BCUT2D eigenvalue weighted by Gasteiger charge is -1.97. The van der Waals surface area contributed by atoms with E-state index in [2.05, 4.69) is 4.98 Å². The Morgan fingerprint density at radius 1 is 1.56 bits per heavy atom. The fourth-order valence-corrected chi connectivity index (χ4v) is 1.53. The summed E-state index contributed by atoms with van der Waals surface area (Å²) in [7, 11) is 1.64. The summed E-state index contributed by atoms with van der Waals surface area (Å²) in [5.74, 6) is -1.03. The maximum absolute atomic E-state index is 13.5. The summed E-state index contributed by atoms with van der Waals surface area (Å²) in [5.41, 5.74) is 0.875. The highest BCUT2D eigenvalue weighted by molar-refractivity contribution is 5.86. The van der Waals surface area contributed by atoms with Gasteiger partial charge in [0.05, 0.1) is 5.52 Å². The quantitative estimate of drug-likeness (QED) is 0.785. The first-order valence-corrected chi connectivity index (χ1v) is 4.61. The largest absolute Gasteiger partial charge is 0.478 e. The average molecular weight is 220 g/mol. The molecule has 0 bridgehead atoms. The molecular weight excluding hydrogens is 211 g/mol. The zero-order valence-electron chi connectivity index (χ0n) is 8.51. The number of rotatable bonds is 2. The Morgan fingerprint density at radius 2 is 2.31 bits per heavy atom. The zero-order valence-corrected chi connectivity index (χ0v) is 8.51. The van der Waals surface area contributed by atoms with Crippen molar-refractivity contribution in [1.82, 2.24) is 9.55 Å². The van der Waals surface area contributed by atoms with Crippen LogP contribution >= 0.6 is 0 Å². The Kier molecular flexibility index (Phi) is 2.44. The van der Waals surface area contributed by atoms with Crippen LogP contribution in [0.3, 0.4) is 0 Å². The van der Waals surface area contributed by atoms with Crippen LogP contribution in [0.25, 0.3) is 17.1 Å². The standard InChI is InChI=1S/C11H9FN2O2/c1-14-9(5-6-10(15)16)13-8-4-2-3-7(12)11(8)14/h2-6H,1H3,(H,15,16)/b6-5+. The summed E-state index contributed by atoms with van der Waals surface area (Å²) < 4.78 is 15.0. The van der Waals surface area contributed by atoms with E-state index in [1.807, 2.05) is 0 Å². The zero-order chi connectivity index (χ0) is 11.7. The second-order valence-electron chi connectivity index (χ2n) is 3.31. The molecule has 0 unspecified atom stereocenters. The lowest BCUT2D eigenvalue weighted by molar-refractivity contribution is -0.131. The van der Waals surface area contributed by atoms with Crippen LogP contribution in [0, 0.1) is 5.82 Å². The number of aromatic nitrogens is 2. The molecule has 1 heterocycles. The molecule has 0 saturated heterocycles. The van der Waals surface area contributed by atoms with Gasteiger partial charge in [-0.1, -0.05) is 6.07 Å². The maximum Gasteiger partial charge on any atom is 0.328 e. The Bertz CT molecular complexity index is 587. The molecule has 4 nitrogen and oxygen atoms in total. The van der Waals surface area contributed by atoms with Gasteiger partial charge in [0, 0.05) is 13.1 Å². The predicted octanol–water partition coefficient (Wildman–Crippen LogP) is 1.81. The van der Waals surface area contributed by atoms with E-state index in [0.29, 0.717) is 16.9 Å². The normalized spacial score (nSPS) is 11.4. The van der Waals surface area contributed by atoms with E-state index in [9.17, 15) is 9.18 Å². The van der Waals surface area contributed by atoms with E-state index < -0.39 is 5.97 Å². The van der Waals surface area contributed by atoms with Gasteiger partial charge in [0.1, 0.15) is 17.2 Å². The molecule has 5 heteroatoms. The summed E-state index contributed by atoms with van der Waals surface area (Å²) in [4.78, 5) is 14.5. The molecule has 0 radical (unpaired) electrons. The SMILES string of the molecule is Cn1c(/C=C/C(=O)O)nc2cccc(F)c21. The Morgan fingerprint density at radius 3 is 2.94 bits per heavy atom. The van der Waals surface area contributed by atoms with Crippen LogP contribution < -0.4 is 0 Å². The predicted molar refractivity (Wildman–Crippen MR) is 57.3 cm³/mol. The van der Waals surface area contributed by atoms with E-state index in [1.54, 1.807) is 19.2 Å². The van der Waals surface area contributed by atoms with E-state index in [-0.39, 0.29) is 5.82 Å². The van der Waals surface area contributed by atoms with Crippen LogP contribution in [-0.4, -0.2) is 20.6 Å². The first-order chi connectivity index (χ1) is 7.59. The number of carbonyl (C=O) groups is 1. The highest BCUT2D eigenvalue weighted by atomic mass is 19.1. The Labute approximate surface area is 90.6 Å². The highest BCUT2D eigenvalue weighted by Crippen LogP contribution is 2.18. The molecular formula is C11H9FN2O2. The molecule has 0 fully saturated rings. The number of nitrogens with zero attached hydrogens (tertiary/aromatic N) is 2. The molecule has 0 aliphatic heterocycles. The van der Waals surface area contributed by atoms with Crippen molar-refractivity contribution in [3.8, 4) is 0 Å². The number of halogens is 1. The number of aliphatic carboxylic acids is 1. The van der Waals surface area contributed by atoms with Crippen LogP contribution in [0.1, 0.15) is 5.82 Å². The van der Waals surface area contributed by atoms with E-state index in [4.69, 9.17) is 5.11 Å². The van der Waals surface area contributed by atoms with Crippen molar-refractivity contribution in [1.29, 1.82) is 0 Å². The summed E-state index contributed by atoms with van der Waals surface area (Å²) in [6.45, 7) is 0.